The van der Waals surface area contributed by atoms with Crippen LogP contribution < -0.4 is 4.72 Å². The third kappa shape index (κ3) is 2.99. The van der Waals surface area contributed by atoms with Gasteiger partial charge in [0, 0.05) is 22.5 Å². The summed E-state index contributed by atoms with van der Waals surface area (Å²) in [6, 6.07) is 5.73. The first-order valence-electron chi connectivity index (χ1n) is 6.12. The number of benzene rings is 2. The van der Waals surface area contributed by atoms with Gasteiger partial charge in [0.1, 0.15) is 28.4 Å². The smallest absolute Gasteiger partial charge is 0.265 e. The van der Waals surface area contributed by atoms with Gasteiger partial charge >= 0.3 is 0 Å². The van der Waals surface area contributed by atoms with Gasteiger partial charge in [-0.1, -0.05) is 23.2 Å². The summed E-state index contributed by atoms with van der Waals surface area (Å²) in [5.74, 6) is -1.95. The summed E-state index contributed by atoms with van der Waals surface area (Å²) in [4.78, 5) is -0.223. The van der Waals surface area contributed by atoms with Crippen LogP contribution in [0, 0.1) is 11.6 Å². The molecule has 9 heteroatoms. The summed E-state index contributed by atoms with van der Waals surface area (Å²) in [7, 11) is -4.20. The summed E-state index contributed by atoms with van der Waals surface area (Å²) >= 11 is 11.2. The third-order valence-corrected chi connectivity index (χ3v) is 4.95. The standard InChI is InChI=1S/C14H7Cl2F2NO3S/c15-7-1-2-8-13(3-7)22-6-14(8)23(20,21)19-12-5-10(17)9(16)4-11(12)18/h1-6,19H. The van der Waals surface area contributed by atoms with E-state index in [0.717, 1.165) is 6.26 Å². The molecule has 0 unspecified atom stereocenters. The minimum atomic E-state index is -4.20. The quantitative estimate of drug-likeness (QED) is 0.665. The molecule has 0 aliphatic heterocycles. The lowest BCUT2D eigenvalue weighted by Gasteiger charge is -2.08. The Balaban J connectivity index is 2.06. The first-order chi connectivity index (χ1) is 10.8. The molecule has 120 valence electrons. The zero-order valence-corrected chi connectivity index (χ0v) is 13.4. The van der Waals surface area contributed by atoms with E-state index in [1.807, 2.05) is 4.72 Å². The molecule has 3 rings (SSSR count). The number of furan rings is 1. The summed E-state index contributed by atoms with van der Waals surface area (Å²) in [6.07, 6.45) is 0.994. The Kier molecular flexibility index (Phi) is 3.95. The van der Waals surface area contributed by atoms with Crippen molar-refractivity contribution in [3.8, 4) is 0 Å². The second kappa shape index (κ2) is 5.67. The Bertz CT molecular complexity index is 1020. The van der Waals surface area contributed by atoms with Crippen LogP contribution in [-0.4, -0.2) is 8.42 Å². The van der Waals surface area contributed by atoms with E-state index in [-0.39, 0.29) is 15.9 Å². The molecule has 1 aromatic heterocycles. The molecule has 0 saturated heterocycles. The van der Waals surface area contributed by atoms with Crippen LogP contribution in [-0.2, 0) is 10.0 Å². The minimum absolute atomic E-state index is 0.223. The van der Waals surface area contributed by atoms with Crippen LogP contribution in [0.25, 0.3) is 11.0 Å². The highest BCUT2D eigenvalue weighted by Gasteiger charge is 2.22. The van der Waals surface area contributed by atoms with Crippen molar-refractivity contribution in [1.29, 1.82) is 0 Å². The van der Waals surface area contributed by atoms with Crippen molar-refractivity contribution in [2.45, 2.75) is 4.90 Å². The van der Waals surface area contributed by atoms with Crippen molar-refractivity contribution in [2.75, 3.05) is 4.72 Å². The molecule has 4 nitrogen and oxygen atoms in total. The maximum Gasteiger partial charge on any atom is 0.265 e. The van der Waals surface area contributed by atoms with Crippen molar-refractivity contribution >= 4 is 49.9 Å². The monoisotopic (exact) mass is 377 g/mol. The van der Waals surface area contributed by atoms with Crippen LogP contribution >= 0.6 is 23.2 Å². The van der Waals surface area contributed by atoms with E-state index < -0.39 is 32.4 Å². The molecule has 0 spiro atoms. The van der Waals surface area contributed by atoms with Gasteiger partial charge in [-0.3, -0.25) is 4.72 Å². The molecular formula is C14H7Cl2F2NO3S. The first kappa shape index (κ1) is 16.0. The Hall–Kier alpha value is -1.83. The lowest BCUT2D eigenvalue weighted by Crippen LogP contribution is -2.13. The average Bonchev–Trinajstić information content (AvgIpc) is 2.88. The highest BCUT2D eigenvalue weighted by Crippen LogP contribution is 2.30. The fourth-order valence-corrected chi connectivity index (χ4v) is 3.49. The maximum atomic E-state index is 13.8. The molecule has 0 radical (unpaired) electrons. The number of hydrogen-bond acceptors (Lipinski definition) is 3. The fraction of sp³-hybridized carbons (Fsp3) is 0. The summed E-state index contributed by atoms with van der Waals surface area (Å²) in [5, 5.41) is 0.181. The highest BCUT2D eigenvalue weighted by atomic mass is 35.5. The Morgan fingerprint density at radius 3 is 2.52 bits per heavy atom. The van der Waals surface area contributed by atoms with E-state index in [0.29, 0.717) is 17.2 Å². The van der Waals surface area contributed by atoms with Gasteiger partial charge in [-0.05, 0) is 18.2 Å². The number of sulfonamides is 1. The summed E-state index contributed by atoms with van der Waals surface area (Å²) < 4.78 is 59.0. The molecule has 0 fully saturated rings. The van der Waals surface area contributed by atoms with Gasteiger partial charge in [0.05, 0.1) is 10.7 Å². The Morgan fingerprint density at radius 2 is 1.78 bits per heavy atom. The topological polar surface area (TPSA) is 59.3 Å². The number of anilines is 1. The molecule has 0 bridgehead atoms. The van der Waals surface area contributed by atoms with E-state index in [9.17, 15) is 17.2 Å². The third-order valence-electron chi connectivity index (χ3n) is 3.05. The predicted molar refractivity (Wildman–Crippen MR) is 83.4 cm³/mol. The predicted octanol–water partition coefficient (Wildman–Crippen LogP) is 4.82. The number of halogens is 4. The number of fused-ring (bicyclic) bond motifs is 1. The van der Waals surface area contributed by atoms with Crippen LogP contribution in [0.15, 0.2) is 45.9 Å². The molecular weight excluding hydrogens is 371 g/mol. The van der Waals surface area contributed by atoms with Gasteiger partial charge in [-0.25, -0.2) is 17.2 Å². The zero-order valence-electron chi connectivity index (χ0n) is 11.1. The van der Waals surface area contributed by atoms with Gasteiger partial charge < -0.3 is 4.42 Å². The van der Waals surface area contributed by atoms with Crippen molar-refractivity contribution in [1.82, 2.24) is 0 Å². The Labute approximate surface area is 139 Å². The number of nitrogens with one attached hydrogen (secondary N) is 1. The largest absolute Gasteiger partial charge is 0.463 e. The van der Waals surface area contributed by atoms with Crippen molar-refractivity contribution in [3.63, 3.8) is 0 Å². The van der Waals surface area contributed by atoms with Crippen LogP contribution in [0.4, 0.5) is 14.5 Å². The molecule has 0 atom stereocenters. The zero-order chi connectivity index (χ0) is 16.8. The van der Waals surface area contributed by atoms with Gasteiger partial charge in [0.25, 0.3) is 10.0 Å². The molecule has 3 aromatic rings. The van der Waals surface area contributed by atoms with Gasteiger partial charge in [-0.2, -0.15) is 0 Å². The summed E-state index contributed by atoms with van der Waals surface area (Å²) in [5.41, 5.74) is -0.309. The molecule has 1 N–H and O–H groups in total. The second-order valence-electron chi connectivity index (χ2n) is 4.59. The van der Waals surface area contributed by atoms with Crippen LogP contribution in [0.3, 0.4) is 0 Å². The van der Waals surface area contributed by atoms with Crippen molar-refractivity contribution < 1.29 is 21.6 Å². The van der Waals surface area contributed by atoms with E-state index in [1.165, 1.54) is 18.2 Å². The lowest BCUT2D eigenvalue weighted by atomic mass is 10.3. The van der Waals surface area contributed by atoms with Crippen LogP contribution in [0.5, 0.6) is 0 Å². The molecule has 2 aromatic carbocycles. The number of hydrogen-bond donors (Lipinski definition) is 1. The van der Waals surface area contributed by atoms with Crippen molar-refractivity contribution in [2.24, 2.45) is 0 Å². The average molecular weight is 378 g/mol. The molecule has 0 amide bonds. The lowest BCUT2D eigenvalue weighted by molar-refractivity contribution is 0.585. The van der Waals surface area contributed by atoms with Gasteiger partial charge in [-0.15, -0.1) is 0 Å². The van der Waals surface area contributed by atoms with Gasteiger partial charge in [0.15, 0.2) is 0 Å². The molecule has 23 heavy (non-hydrogen) atoms. The second-order valence-corrected chi connectivity index (χ2v) is 7.09. The fourth-order valence-electron chi connectivity index (χ4n) is 1.99. The van der Waals surface area contributed by atoms with E-state index in [2.05, 4.69) is 0 Å². The number of rotatable bonds is 3. The maximum absolute atomic E-state index is 13.8. The molecule has 0 aliphatic carbocycles. The molecule has 1 heterocycles. The molecule has 0 saturated carbocycles. The van der Waals surface area contributed by atoms with E-state index in [1.54, 1.807) is 0 Å². The van der Waals surface area contributed by atoms with Crippen molar-refractivity contribution in [3.05, 3.63) is 58.3 Å². The SMILES string of the molecule is O=S(=O)(Nc1cc(F)c(Cl)cc1F)c1coc2cc(Cl)ccc12. The normalized spacial score (nSPS) is 11.8. The minimum Gasteiger partial charge on any atom is -0.463 e. The van der Waals surface area contributed by atoms with Gasteiger partial charge in [0.2, 0.25) is 0 Å². The summed E-state index contributed by atoms with van der Waals surface area (Å²) in [6.45, 7) is 0. The van der Waals surface area contributed by atoms with Crippen LogP contribution in [0.2, 0.25) is 10.0 Å². The Morgan fingerprint density at radius 1 is 1.04 bits per heavy atom. The van der Waals surface area contributed by atoms with E-state index >= 15 is 0 Å². The van der Waals surface area contributed by atoms with E-state index in [4.69, 9.17) is 27.6 Å². The first-order valence-corrected chi connectivity index (χ1v) is 8.36. The van der Waals surface area contributed by atoms with Crippen LogP contribution in [0.1, 0.15) is 0 Å². The molecule has 0 aliphatic rings. The highest BCUT2D eigenvalue weighted by molar-refractivity contribution is 7.93.